The normalized spacial score (nSPS) is 10.6. The van der Waals surface area contributed by atoms with E-state index in [1.54, 1.807) is 18.2 Å². The second-order valence-corrected chi connectivity index (χ2v) is 6.70. The highest BCUT2D eigenvalue weighted by molar-refractivity contribution is 7.99. The molecule has 0 saturated carbocycles. The fraction of sp³-hybridized carbons (Fsp3) is 0.312. The van der Waals surface area contributed by atoms with E-state index in [9.17, 15) is 9.59 Å². The molecule has 2 rings (SSSR count). The summed E-state index contributed by atoms with van der Waals surface area (Å²) in [6.45, 7) is 5.18. The van der Waals surface area contributed by atoms with Crippen molar-refractivity contribution in [1.82, 2.24) is 4.98 Å². The second kappa shape index (κ2) is 7.70. The number of amides is 1. The number of nitrogens with one attached hydrogen (secondary N) is 1. The van der Waals surface area contributed by atoms with E-state index in [0.29, 0.717) is 16.5 Å². The Kier molecular flexibility index (Phi) is 5.90. The van der Waals surface area contributed by atoms with E-state index < -0.39 is 0 Å². The third-order valence-electron chi connectivity index (χ3n) is 3.17. The summed E-state index contributed by atoms with van der Waals surface area (Å²) in [5.41, 5.74) is 2.16. The molecule has 0 aliphatic carbocycles. The van der Waals surface area contributed by atoms with E-state index in [1.807, 2.05) is 20.1 Å². The van der Waals surface area contributed by atoms with Crippen LogP contribution in [-0.2, 0) is 4.79 Å². The van der Waals surface area contributed by atoms with Crippen molar-refractivity contribution in [3.8, 4) is 0 Å². The van der Waals surface area contributed by atoms with E-state index in [2.05, 4.69) is 10.3 Å². The highest BCUT2D eigenvalue weighted by Crippen LogP contribution is 2.28. The molecule has 0 spiro atoms. The van der Waals surface area contributed by atoms with Crippen molar-refractivity contribution in [3.05, 3.63) is 35.2 Å². The van der Waals surface area contributed by atoms with Crippen LogP contribution in [0.4, 0.5) is 5.69 Å². The van der Waals surface area contributed by atoms with Crippen molar-refractivity contribution in [2.75, 3.05) is 17.3 Å². The van der Waals surface area contributed by atoms with Gasteiger partial charge in [0.2, 0.25) is 5.91 Å². The Balaban J connectivity index is 2.08. The lowest BCUT2D eigenvalue weighted by Crippen LogP contribution is -2.08. The molecular weight excluding hydrogens is 332 g/mol. The number of rotatable bonds is 6. The van der Waals surface area contributed by atoms with Crippen molar-refractivity contribution in [2.45, 2.75) is 30.9 Å². The number of aryl methyl sites for hydroxylation is 2. The molecule has 1 heterocycles. The Morgan fingerprint density at radius 2 is 2.04 bits per heavy atom. The Morgan fingerprint density at radius 3 is 2.61 bits per heavy atom. The smallest absolute Gasteiger partial charge is 0.256 e. The molecule has 0 aliphatic heterocycles. The maximum Gasteiger partial charge on any atom is 0.256 e. The van der Waals surface area contributed by atoms with Gasteiger partial charge < -0.3 is 9.73 Å². The van der Waals surface area contributed by atoms with Gasteiger partial charge in [-0.15, -0.1) is 11.8 Å². The summed E-state index contributed by atoms with van der Waals surface area (Å²) in [6.07, 6.45) is 1.90. The van der Waals surface area contributed by atoms with E-state index in [0.717, 1.165) is 16.3 Å². The molecule has 122 valence electrons. The first kappa shape index (κ1) is 17.6. The van der Waals surface area contributed by atoms with Gasteiger partial charge in [0.05, 0.1) is 17.1 Å². The van der Waals surface area contributed by atoms with Crippen LogP contribution in [0.2, 0.25) is 0 Å². The standard InChI is InChI=1S/C16H18N2O3S2/c1-9-10(2)21-16(17-9)23-8-14(20)12-5-6-13(18-11(3)19)15(7-12)22-4/h5-7H,8H2,1-4H3,(H,18,19). The van der Waals surface area contributed by atoms with Crippen molar-refractivity contribution < 1.29 is 14.0 Å². The first-order valence-corrected chi connectivity index (χ1v) is 9.17. The van der Waals surface area contributed by atoms with Crippen LogP contribution in [0, 0.1) is 13.8 Å². The number of carbonyl (C=O) groups excluding carboxylic acids is 2. The molecule has 1 N–H and O–H groups in total. The number of Topliss-reactive ketones (excluding diaryl/α,β-unsaturated/α-hetero) is 1. The van der Waals surface area contributed by atoms with E-state index in [-0.39, 0.29) is 17.4 Å². The van der Waals surface area contributed by atoms with Gasteiger partial charge in [-0.05, 0) is 38.3 Å². The molecule has 0 unspecified atom stereocenters. The van der Waals surface area contributed by atoms with Crippen molar-refractivity contribution in [1.29, 1.82) is 0 Å². The van der Waals surface area contributed by atoms with E-state index >= 15 is 0 Å². The fourth-order valence-electron chi connectivity index (χ4n) is 1.87. The number of hydrogen-bond acceptors (Lipinski definition) is 6. The minimum atomic E-state index is -0.135. The molecular formula is C16H18N2O3S2. The van der Waals surface area contributed by atoms with Crippen LogP contribution in [0.3, 0.4) is 0 Å². The predicted molar refractivity (Wildman–Crippen MR) is 93.6 cm³/mol. The Labute approximate surface area is 143 Å². The molecule has 1 aromatic heterocycles. The molecule has 0 saturated heterocycles. The third-order valence-corrected chi connectivity index (χ3v) is 4.78. The molecule has 7 heteroatoms. The number of aromatic nitrogens is 1. The zero-order valence-electron chi connectivity index (χ0n) is 13.4. The summed E-state index contributed by atoms with van der Waals surface area (Å²) >= 11 is 2.77. The van der Waals surface area contributed by atoms with Crippen LogP contribution in [0.1, 0.15) is 28.7 Å². The lowest BCUT2D eigenvalue weighted by atomic mass is 10.1. The number of oxazole rings is 1. The average molecular weight is 350 g/mol. The topological polar surface area (TPSA) is 72.2 Å². The number of ketones is 1. The molecule has 2 aromatic rings. The molecule has 5 nitrogen and oxygen atoms in total. The minimum absolute atomic E-state index is 0.00631. The van der Waals surface area contributed by atoms with E-state index in [4.69, 9.17) is 4.42 Å². The SMILES string of the molecule is CSc1cc(C(=O)CSc2nc(C)c(C)o2)ccc1NC(C)=O. The van der Waals surface area contributed by atoms with Gasteiger partial charge in [-0.1, -0.05) is 11.8 Å². The first-order chi connectivity index (χ1) is 10.9. The van der Waals surface area contributed by atoms with Crippen molar-refractivity contribution in [2.24, 2.45) is 0 Å². The largest absolute Gasteiger partial charge is 0.437 e. The third kappa shape index (κ3) is 4.62. The summed E-state index contributed by atoms with van der Waals surface area (Å²) in [7, 11) is 0. The minimum Gasteiger partial charge on any atom is -0.437 e. The molecule has 0 aliphatic rings. The molecule has 1 aromatic carbocycles. The van der Waals surface area contributed by atoms with Crippen LogP contribution < -0.4 is 5.32 Å². The van der Waals surface area contributed by atoms with Gasteiger partial charge in [0.25, 0.3) is 5.22 Å². The zero-order chi connectivity index (χ0) is 17.0. The van der Waals surface area contributed by atoms with E-state index in [1.165, 1.54) is 30.4 Å². The Morgan fingerprint density at radius 1 is 1.30 bits per heavy atom. The van der Waals surface area contributed by atoms with Gasteiger partial charge in [-0.3, -0.25) is 9.59 Å². The lowest BCUT2D eigenvalue weighted by molar-refractivity contribution is -0.114. The molecule has 0 atom stereocenters. The van der Waals surface area contributed by atoms with Gasteiger partial charge in [-0.2, -0.15) is 0 Å². The molecule has 0 bridgehead atoms. The molecule has 1 amide bonds. The highest BCUT2D eigenvalue weighted by atomic mass is 32.2. The first-order valence-electron chi connectivity index (χ1n) is 6.96. The van der Waals surface area contributed by atoms with Gasteiger partial charge in [-0.25, -0.2) is 4.98 Å². The maximum atomic E-state index is 12.3. The van der Waals surface area contributed by atoms with Crippen LogP contribution >= 0.6 is 23.5 Å². The van der Waals surface area contributed by atoms with Gasteiger partial charge in [0.1, 0.15) is 5.76 Å². The zero-order valence-corrected chi connectivity index (χ0v) is 15.1. The van der Waals surface area contributed by atoms with Crippen LogP contribution in [-0.4, -0.2) is 28.7 Å². The molecule has 0 fully saturated rings. The average Bonchev–Trinajstić information content (AvgIpc) is 2.83. The lowest BCUT2D eigenvalue weighted by Gasteiger charge is -2.09. The van der Waals surface area contributed by atoms with Crippen LogP contribution in [0.15, 0.2) is 32.7 Å². The number of nitrogens with zero attached hydrogens (tertiary/aromatic N) is 1. The van der Waals surface area contributed by atoms with Crippen LogP contribution in [0.25, 0.3) is 0 Å². The summed E-state index contributed by atoms with van der Waals surface area (Å²) in [6, 6.07) is 5.27. The summed E-state index contributed by atoms with van der Waals surface area (Å²) in [5.74, 6) is 0.884. The summed E-state index contributed by atoms with van der Waals surface area (Å²) < 4.78 is 5.46. The van der Waals surface area contributed by atoms with Crippen molar-refractivity contribution in [3.63, 3.8) is 0 Å². The predicted octanol–water partition coefficient (Wildman–Crippen LogP) is 3.95. The quantitative estimate of drug-likeness (QED) is 0.628. The van der Waals surface area contributed by atoms with Crippen molar-refractivity contribution >= 4 is 40.9 Å². The van der Waals surface area contributed by atoms with Gasteiger partial charge in [0, 0.05) is 17.4 Å². The van der Waals surface area contributed by atoms with Gasteiger partial charge >= 0.3 is 0 Å². The van der Waals surface area contributed by atoms with Gasteiger partial charge in [0.15, 0.2) is 5.78 Å². The number of thioether (sulfide) groups is 2. The molecule has 23 heavy (non-hydrogen) atoms. The Bertz CT molecular complexity index is 721. The monoisotopic (exact) mass is 350 g/mol. The number of hydrogen-bond donors (Lipinski definition) is 1. The number of benzene rings is 1. The summed E-state index contributed by atoms with van der Waals surface area (Å²) in [4.78, 5) is 28.6. The van der Waals surface area contributed by atoms with Crippen LogP contribution in [0.5, 0.6) is 0 Å². The fourth-order valence-corrected chi connectivity index (χ4v) is 3.26. The number of carbonyl (C=O) groups is 2. The highest BCUT2D eigenvalue weighted by Gasteiger charge is 2.13. The maximum absolute atomic E-state index is 12.3. The summed E-state index contributed by atoms with van der Waals surface area (Å²) in [5, 5.41) is 3.26. The molecule has 0 radical (unpaired) electrons. The second-order valence-electron chi connectivity index (χ2n) is 4.93. The number of anilines is 1. The Hall–Kier alpha value is -1.73.